The Labute approximate surface area is 159 Å². The summed E-state index contributed by atoms with van der Waals surface area (Å²) in [5.74, 6) is 0.957. The molecule has 0 saturated heterocycles. The van der Waals surface area contributed by atoms with E-state index in [1.54, 1.807) is 11.1 Å². The molecule has 0 spiro atoms. The molecule has 0 aliphatic rings. The van der Waals surface area contributed by atoms with Gasteiger partial charge >= 0.3 is 0 Å². The number of aryl methyl sites for hydroxylation is 1. The molecule has 6 heteroatoms. The largest absolute Gasteiger partial charge is 0.383 e. The second-order valence-electron chi connectivity index (χ2n) is 5.44. The van der Waals surface area contributed by atoms with Crippen LogP contribution in [-0.4, -0.2) is 42.2 Å². The molecule has 0 aromatic heterocycles. The van der Waals surface area contributed by atoms with E-state index in [-0.39, 0.29) is 17.3 Å². The molecule has 1 N–H and O–H groups in total. The van der Waals surface area contributed by atoms with E-state index in [2.05, 4.69) is 5.32 Å². The van der Waals surface area contributed by atoms with Crippen LogP contribution in [0.5, 0.6) is 0 Å². The fourth-order valence-electron chi connectivity index (χ4n) is 1.95. The Morgan fingerprint density at radius 1 is 1.12 bits per heavy atom. The zero-order chi connectivity index (χ0) is 18.8. The van der Waals surface area contributed by atoms with E-state index < -0.39 is 0 Å². The Hall–Kier alpha value is -1.66. The number of nitrogens with one attached hydrogen (secondary N) is 1. The lowest BCUT2D eigenvalue weighted by molar-refractivity contribution is -0.117. The second kappa shape index (κ2) is 11.1. The molecular formula is C19H26N2O2S2. The molecule has 0 heterocycles. The highest BCUT2D eigenvalue weighted by atomic mass is 32.2. The summed E-state index contributed by atoms with van der Waals surface area (Å²) >= 11 is 3.06. The van der Waals surface area contributed by atoms with Crippen molar-refractivity contribution in [3.05, 3.63) is 51.9 Å². The Morgan fingerprint density at radius 3 is 2.24 bits per heavy atom. The van der Waals surface area contributed by atoms with Gasteiger partial charge in [-0.25, -0.2) is 0 Å². The van der Waals surface area contributed by atoms with Crippen molar-refractivity contribution in [1.29, 1.82) is 0 Å². The van der Waals surface area contributed by atoms with Crippen LogP contribution in [0.2, 0.25) is 0 Å². The first-order valence-corrected chi connectivity index (χ1v) is 10.1. The fraction of sp³-hybridized carbons (Fsp3) is 0.368. The predicted octanol–water partition coefficient (Wildman–Crippen LogP) is 4.30. The van der Waals surface area contributed by atoms with Crippen molar-refractivity contribution < 1.29 is 9.59 Å². The minimum Gasteiger partial charge on any atom is -0.383 e. The summed E-state index contributed by atoms with van der Waals surface area (Å²) in [7, 11) is 3.67. The Bertz CT molecular complexity index is 659. The first-order chi connectivity index (χ1) is 11.9. The molecule has 136 valence electrons. The molecule has 0 aliphatic carbocycles. The third-order valence-electron chi connectivity index (χ3n) is 3.15. The topological polar surface area (TPSA) is 49.4 Å². The van der Waals surface area contributed by atoms with Crippen molar-refractivity contribution in [2.24, 2.45) is 0 Å². The highest BCUT2D eigenvalue weighted by Crippen LogP contribution is 2.32. The van der Waals surface area contributed by atoms with E-state index in [4.69, 9.17) is 0 Å². The van der Waals surface area contributed by atoms with E-state index in [0.29, 0.717) is 0 Å². The number of carbonyl (C=O) groups is 2. The van der Waals surface area contributed by atoms with Crippen LogP contribution in [-0.2, 0) is 9.59 Å². The number of benzene rings is 1. The number of carbonyl (C=O) groups excluding carboxylic acids is 2. The number of nitrogens with zero attached hydrogens (tertiary/aromatic N) is 1. The zero-order valence-corrected chi connectivity index (χ0v) is 17.1. The van der Waals surface area contributed by atoms with E-state index in [9.17, 15) is 9.59 Å². The van der Waals surface area contributed by atoms with Gasteiger partial charge in [-0.05, 0) is 30.1 Å². The fourth-order valence-corrected chi connectivity index (χ4v) is 4.19. The summed E-state index contributed by atoms with van der Waals surface area (Å²) in [4.78, 5) is 27.3. The molecule has 0 saturated carbocycles. The van der Waals surface area contributed by atoms with Crippen LogP contribution < -0.4 is 5.32 Å². The molecule has 1 amide bonds. The average Bonchev–Trinajstić information content (AvgIpc) is 2.55. The number of para-hydroxylation sites is 1. The molecule has 0 unspecified atom stereocenters. The van der Waals surface area contributed by atoms with Gasteiger partial charge in [0.25, 0.3) is 5.91 Å². The van der Waals surface area contributed by atoms with Crippen molar-refractivity contribution in [1.82, 2.24) is 4.90 Å². The lowest BCUT2D eigenvalue weighted by Crippen LogP contribution is -2.21. The van der Waals surface area contributed by atoms with Gasteiger partial charge in [0.15, 0.2) is 5.78 Å². The molecular weight excluding hydrogens is 352 g/mol. The van der Waals surface area contributed by atoms with E-state index in [1.165, 1.54) is 29.6 Å². The van der Waals surface area contributed by atoms with E-state index in [1.807, 2.05) is 59.1 Å². The lowest BCUT2D eigenvalue weighted by Gasteiger charge is -2.13. The number of ketones is 1. The highest BCUT2D eigenvalue weighted by molar-refractivity contribution is 8.22. The second-order valence-corrected chi connectivity index (χ2v) is 8.25. The van der Waals surface area contributed by atoms with Gasteiger partial charge in [0.1, 0.15) is 5.57 Å². The first-order valence-electron chi connectivity index (χ1n) is 8.16. The van der Waals surface area contributed by atoms with Crippen LogP contribution >= 0.6 is 23.5 Å². The van der Waals surface area contributed by atoms with Crippen LogP contribution in [0.25, 0.3) is 0 Å². The lowest BCUT2D eigenvalue weighted by atomic mass is 10.1. The van der Waals surface area contributed by atoms with Gasteiger partial charge < -0.3 is 10.2 Å². The molecule has 4 nitrogen and oxygen atoms in total. The summed E-state index contributed by atoms with van der Waals surface area (Å²) in [6.07, 6.45) is 3.10. The normalized spacial score (nSPS) is 10.6. The van der Waals surface area contributed by atoms with Crippen LogP contribution in [0, 0.1) is 6.92 Å². The Morgan fingerprint density at radius 2 is 1.72 bits per heavy atom. The quantitative estimate of drug-likeness (QED) is 0.394. The highest BCUT2D eigenvalue weighted by Gasteiger charge is 2.22. The maximum atomic E-state index is 12.9. The third kappa shape index (κ3) is 7.00. The molecule has 0 bridgehead atoms. The first kappa shape index (κ1) is 21.4. The van der Waals surface area contributed by atoms with Crippen molar-refractivity contribution in [2.45, 2.75) is 20.8 Å². The maximum absolute atomic E-state index is 12.9. The molecule has 0 atom stereocenters. The summed E-state index contributed by atoms with van der Waals surface area (Å²) < 4.78 is 0.768. The number of hydrogen-bond donors (Lipinski definition) is 1. The number of anilines is 1. The van der Waals surface area contributed by atoms with Crippen LogP contribution in [0.3, 0.4) is 0 Å². The van der Waals surface area contributed by atoms with E-state index in [0.717, 1.165) is 27.0 Å². The van der Waals surface area contributed by atoms with Gasteiger partial charge in [0.05, 0.1) is 4.24 Å². The van der Waals surface area contributed by atoms with Gasteiger partial charge in [0.2, 0.25) is 0 Å². The molecule has 1 aromatic rings. The van der Waals surface area contributed by atoms with Crippen LogP contribution in [0.4, 0.5) is 5.69 Å². The minimum atomic E-state index is -0.361. The summed E-state index contributed by atoms with van der Waals surface area (Å²) in [6, 6.07) is 7.54. The Balaban J connectivity index is 3.24. The van der Waals surface area contributed by atoms with Gasteiger partial charge in [-0.3, -0.25) is 9.59 Å². The molecule has 1 rings (SSSR count). The minimum absolute atomic E-state index is 0.208. The maximum Gasteiger partial charge on any atom is 0.261 e. The van der Waals surface area contributed by atoms with Gasteiger partial charge in [-0.2, -0.15) is 0 Å². The molecule has 25 heavy (non-hydrogen) atoms. The van der Waals surface area contributed by atoms with Gasteiger partial charge in [-0.15, -0.1) is 23.5 Å². The van der Waals surface area contributed by atoms with Crippen LogP contribution in [0.1, 0.15) is 19.4 Å². The van der Waals surface area contributed by atoms with Crippen molar-refractivity contribution in [3.63, 3.8) is 0 Å². The average molecular weight is 379 g/mol. The summed E-state index contributed by atoms with van der Waals surface area (Å²) in [5.41, 5.74) is 1.89. The molecule has 0 radical (unpaired) electrons. The number of amides is 1. The summed E-state index contributed by atoms with van der Waals surface area (Å²) in [6.45, 7) is 5.95. The van der Waals surface area contributed by atoms with Gasteiger partial charge in [-0.1, -0.05) is 32.0 Å². The molecule has 0 aliphatic heterocycles. The number of thioether (sulfide) groups is 2. The zero-order valence-electron chi connectivity index (χ0n) is 15.5. The molecule has 0 fully saturated rings. The Kier molecular flexibility index (Phi) is 9.45. The van der Waals surface area contributed by atoms with Crippen molar-refractivity contribution >= 4 is 40.9 Å². The van der Waals surface area contributed by atoms with Crippen LogP contribution in [0.15, 0.2) is 46.4 Å². The SMILES string of the molecule is CCSC(SCC)=C(C(=O)/C=C/N(C)C)C(=O)Nc1ccccc1C. The van der Waals surface area contributed by atoms with Crippen molar-refractivity contribution in [2.75, 3.05) is 30.9 Å². The third-order valence-corrected chi connectivity index (χ3v) is 5.36. The van der Waals surface area contributed by atoms with Gasteiger partial charge in [0, 0.05) is 32.1 Å². The molecule has 1 aromatic carbocycles. The predicted molar refractivity (Wildman–Crippen MR) is 111 cm³/mol. The standard InChI is InChI=1S/C19H26N2O2S2/c1-6-24-19(25-7-2)17(16(22)12-13-21(4)5)18(23)20-15-11-9-8-10-14(15)3/h8-13H,6-7H2,1-5H3,(H,20,23)/b13-12+. The van der Waals surface area contributed by atoms with Crippen molar-refractivity contribution in [3.8, 4) is 0 Å². The number of rotatable bonds is 9. The monoisotopic (exact) mass is 378 g/mol. The van der Waals surface area contributed by atoms with E-state index >= 15 is 0 Å². The smallest absolute Gasteiger partial charge is 0.261 e. The summed E-state index contributed by atoms with van der Waals surface area (Å²) in [5, 5.41) is 2.88. The number of hydrogen-bond acceptors (Lipinski definition) is 5. The number of allylic oxidation sites excluding steroid dienone is 1.